The van der Waals surface area contributed by atoms with Crippen molar-refractivity contribution in [3.8, 4) is 5.82 Å². The highest BCUT2D eigenvalue weighted by Gasteiger charge is 1.99. The molecule has 0 aliphatic rings. The molecule has 0 fully saturated rings. The highest BCUT2D eigenvalue weighted by molar-refractivity contribution is 5.12. The molecule has 2 aromatic heterocycles. The quantitative estimate of drug-likeness (QED) is 0.544. The van der Waals surface area contributed by atoms with Crippen molar-refractivity contribution < 1.29 is 0 Å². The fourth-order valence-electron chi connectivity index (χ4n) is 0.770. The van der Waals surface area contributed by atoms with Gasteiger partial charge in [0.05, 0.1) is 18.6 Å². The molecular formula is C5H6N6. The van der Waals surface area contributed by atoms with Gasteiger partial charge in [-0.1, -0.05) is 10.4 Å². The topological polar surface area (TPSA) is 61.4 Å². The molecular weight excluding hydrogens is 144 g/mol. The summed E-state index contributed by atoms with van der Waals surface area (Å²) in [6, 6.07) is 0. The summed E-state index contributed by atoms with van der Waals surface area (Å²) in [4.78, 5) is 0. The molecule has 0 atom stereocenters. The van der Waals surface area contributed by atoms with Gasteiger partial charge in [0.1, 0.15) is 0 Å². The maximum absolute atomic E-state index is 3.83. The minimum atomic E-state index is 0.671. The van der Waals surface area contributed by atoms with E-state index in [9.17, 15) is 0 Å². The van der Waals surface area contributed by atoms with Crippen LogP contribution < -0.4 is 0 Å². The smallest absolute Gasteiger partial charge is 0.196 e. The normalized spacial score (nSPS) is 10.3. The zero-order valence-electron chi connectivity index (χ0n) is 5.92. The summed E-state index contributed by atoms with van der Waals surface area (Å²) < 4.78 is 3.16. The molecule has 2 rings (SSSR count). The van der Waals surface area contributed by atoms with Crippen LogP contribution >= 0.6 is 0 Å². The van der Waals surface area contributed by atoms with E-state index in [4.69, 9.17) is 0 Å². The van der Waals surface area contributed by atoms with Gasteiger partial charge in [-0.15, -0.1) is 10.2 Å². The molecule has 0 aliphatic carbocycles. The van der Waals surface area contributed by atoms with E-state index in [2.05, 4.69) is 20.6 Å². The monoisotopic (exact) mass is 150 g/mol. The van der Waals surface area contributed by atoms with Crippen molar-refractivity contribution >= 4 is 0 Å². The van der Waals surface area contributed by atoms with Crippen LogP contribution in [0.1, 0.15) is 0 Å². The average molecular weight is 150 g/mol. The van der Waals surface area contributed by atoms with E-state index in [0.29, 0.717) is 5.82 Å². The van der Waals surface area contributed by atoms with Gasteiger partial charge in [0.15, 0.2) is 5.82 Å². The van der Waals surface area contributed by atoms with Gasteiger partial charge < -0.3 is 0 Å². The van der Waals surface area contributed by atoms with Gasteiger partial charge in [-0.2, -0.15) is 4.68 Å². The molecule has 0 bridgehead atoms. The Balaban J connectivity index is 2.45. The Hall–Kier alpha value is -1.72. The molecule has 6 heteroatoms. The SMILES string of the molecule is Cn1cc(-n2ccnn2)nn1. The van der Waals surface area contributed by atoms with Crippen molar-refractivity contribution in [3.05, 3.63) is 18.6 Å². The van der Waals surface area contributed by atoms with Crippen molar-refractivity contribution in [2.24, 2.45) is 7.05 Å². The summed E-state index contributed by atoms with van der Waals surface area (Å²) in [6.45, 7) is 0. The van der Waals surface area contributed by atoms with E-state index < -0.39 is 0 Å². The Bertz CT molecular complexity index is 333. The number of aromatic nitrogens is 6. The van der Waals surface area contributed by atoms with Crippen LogP contribution in [0, 0.1) is 0 Å². The minimum absolute atomic E-state index is 0.671. The predicted octanol–water partition coefficient (Wildman–Crippen LogP) is -0.604. The molecule has 11 heavy (non-hydrogen) atoms. The van der Waals surface area contributed by atoms with E-state index in [0.717, 1.165) is 0 Å². The number of nitrogens with zero attached hydrogens (tertiary/aromatic N) is 6. The summed E-state index contributed by atoms with van der Waals surface area (Å²) in [5, 5.41) is 15.0. The predicted molar refractivity (Wildman–Crippen MR) is 35.9 cm³/mol. The van der Waals surface area contributed by atoms with E-state index in [1.54, 1.807) is 35.0 Å². The van der Waals surface area contributed by atoms with Gasteiger partial charge in [-0.25, -0.2) is 0 Å². The van der Waals surface area contributed by atoms with Gasteiger partial charge in [-0.05, 0) is 0 Å². The fraction of sp³-hybridized carbons (Fsp3) is 0.200. The molecule has 0 radical (unpaired) electrons. The number of rotatable bonds is 1. The van der Waals surface area contributed by atoms with Crippen LogP contribution in [0.25, 0.3) is 5.82 Å². The number of hydrogen-bond acceptors (Lipinski definition) is 4. The lowest BCUT2D eigenvalue weighted by Gasteiger charge is -1.87. The molecule has 56 valence electrons. The van der Waals surface area contributed by atoms with Crippen molar-refractivity contribution in [1.82, 2.24) is 30.0 Å². The first kappa shape index (κ1) is 6.02. The Morgan fingerprint density at radius 1 is 1.36 bits per heavy atom. The van der Waals surface area contributed by atoms with Crippen LogP contribution in [0.3, 0.4) is 0 Å². The highest BCUT2D eigenvalue weighted by Crippen LogP contribution is 1.96. The third-order valence-corrected chi connectivity index (χ3v) is 1.25. The van der Waals surface area contributed by atoms with Gasteiger partial charge in [0.2, 0.25) is 0 Å². The van der Waals surface area contributed by atoms with Gasteiger partial charge >= 0.3 is 0 Å². The maximum Gasteiger partial charge on any atom is 0.196 e. The molecule has 0 aromatic carbocycles. The first-order chi connectivity index (χ1) is 5.36. The van der Waals surface area contributed by atoms with Crippen LogP contribution in [-0.4, -0.2) is 30.0 Å². The lowest BCUT2D eigenvalue weighted by molar-refractivity contribution is 0.711. The third-order valence-electron chi connectivity index (χ3n) is 1.25. The van der Waals surface area contributed by atoms with E-state index in [1.165, 1.54) is 0 Å². The lowest BCUT2D eigenvalue weighted by atomic mass is 10.7. The molecule has 0 saturated heterocycles. The molecule has 0 unspecified atom stereocenters. The Labute approximate surface area is 62.4 Å². The van der Waals surface area contributed by atoms with Crippen LogP contribution in [0.4, 0.5) is 0 Å². The summed E-state index contributed by atoms with van der Waals surface area (Å²) in [6.07, 6.45) is 5.06. The van der Waals surface area contributed by atoms with Crippen molar-refractivity contribution in [2.45, 2.75) is 0 Å². The van der Waals surface area contributed by atoms with Crippen molar-refractivity contribution in [1.29, 1.82) is 0 Å². The van der Waals surface area contributed by atoms with Crippen molar-refractivity contribution in [2.75, 3.05) is 0 Å². The molecule has 0 saturated carbocycles. The zero-order chi connectivity index (χ0) is 7.68. The summed E-state index contributed by atoms with van der Waals surface area (Å²) in [5.74, 6) is 0.671. The largest absolute Gasteiger partial charge is 0.253 e. The summed E-state index contributed by atoms with van der Waals surface area (Å²) in [7, 11) is 1.80. The average Bonchev–Trinajstić information content (AvgIpc) is 2.55. The molecule has 0 spiro atoms. The van der Waals surface area contributed by atoms with E-state index in [-0.39, 0.29) is 0 Å². The molecule has 0 N–H and O–H groups in total. The second-order valence-corrected chi connectivity index (χ2v) is 2.10. The molecule has 0 amide bonds. The maximum atomic E-state index is 3.83. The van der Waals surface area contributed by atoms with E-state index in [1.807, 2.05) is 0 Å². The standard InChI is InChI=1S/C5H6N6/c1-10-4-5(7-9-10)11-3-2-6-8-11/h2-4H,1H3. The summed E-state index contributed by atoms with van der Waals surface area (Å²) >= 11 is 0. The Kier molecular flexibility index (Phi) is 1.18. The molecule has 2 heterocycles. The second-order valence-electron chi connectivity index (χ2n) is 2.10. The molecule has 6 nitrogen and oxygen atoms in total. The first-order valence-corrected chi connectivity index (χ1v) is 3.09. The Morgan fingerprint density at radius 3 is 2.82 bits per heavy atom. The minimum Gasteiger partial charge on any atom is -0.253 e. The van der Waals surface area contributed by atoms with Crippen LogP contribution in [0.2, 0.25) is 0 Å². The van der Waals surface area contributed by atoms with Crippen LogP contribution in [-0.2, 0) is 7.05 Å². The molecule has 2 aromatic rings. The second kappa shape index (κ2) is 2.15. The Morgan fingerprint density at radius 2 is 2.27 bits per heavy atom. The lowest BCUT2D eigenvalue weighted by Crippen LogP contribution is -1.94. The molecule has 0 aliphatic heterocycles. The third kappa shape index (κ3) is 0.977. The van der Waals surface area contributed by atoms with Gasteiger partial charge in [0.25, 0.3) is 0 Å². The van der Waals surface area contributed by atoms with Crippen molar-refractivity contribution in [3.63, 3.8) is 0 Å². The van der Waals surface area contributed by atoms with Gasteiger partial charge in [0, 0.05) is 7.05 Å². The summed E-state index contributed by atoms with van der Waals surface area (Å²) in [5.41, 5.74) is 0. The van der Waals surface area contributed by atoms with Crippen LogP contribution in [0.5, 0.6) is 0 Å². The van der Waals surface area contributed by atoms with Gasteiger partial charge in [-0.3, -0.25) is 4.68 Å². The number of hydrogen-bond donors (Lipinski definition) is 0. The van der Waals surface area contributed by atoms with Crippen LogP contribution in [0.15, 0.2) is 18.6 Å². The fourth-order valence-corrected chi connectivity index (χ4v) is 0.770. The highest BCUT2D eigenvalue weighted by atomic mass is 15.5. The van der Waals surface area contributed by atoms with E-state index >= 15 is 0 Å². The first-order valence-electron chi connectivity index (χ1n) is 3.09. The zero-order valence-corrected chi connectivity index (χ0v) is 5.92. The number of aryl methyl sites for hydroxylation is 1.